The number of nitrogens with two attached hydrogens (primary N) is 1. The van der Waals surface area contributed by atoms with Crippen molar-refractivity contribution in [2.75, 3.05) is 13.7 Å². The van der Waals surface area contributed by atoms with Gasteiger partial charge in [0.25, 0.3) is 0 Å². The summed E-state index contributed by atoms with van der Waals surface area (Å²) in [6.07, 6.45) is 2.12. The van der Waals surface area contributed by atoms with Gasteiger partial charge in [-0.25, -0.2) is 4.79 Å². The third-order valence-electron chi connectivity index (χ3n) is 3.22. The largest absolute Gasteiger partial charge is 0.465 e. The number of nitrogens with one attached hydrogen (secondary N) is 1. The molecule has 1 aromatic heterocycles. The van der Waals surface area contributed by atoms with Crippen molar-refractivity contribution in [2.45, 2.75) is 19.4 Å². The first kappa shape index (κ1) is 15.1. The Labute approximate surface area is 122 Å². The van der Waals surface area contributed by atoms with E-state index in [0.717, 1.165) is 16.5 Å². The summed E-state index contributed by atoms with van der Waals surface area (Å²) in [6.45, 7) is 2.03. The van der Waals surface area contributed by atoms with Gasteiger partial charge in [0.05, 0.1) is 19.3 Å². The van der Waals surface area contributed by atoms with E-state index in [0.29, 0.717) is 18.6 Å². The van der Waals surface area contributed by atoms with E-state index >= 15 is 0 Å². The molecule has 6 nitrogen and oxygen atoms in total. The summed E-state index contributed by atoms with van der Waals surface area (Å²) in [5.41, 5.74) is 8.01. The lowest BCUT2D eigenvalue weighted by Gasteiger charge is -2.09. The highest BCUT2D eigenvalue weighted by Gasteiger charge is 2.18. The van der Waals surface area contributed by atoms with Crippen molar-refractivity contribution in [3.05, 3.63) is 35.5 Å². The van der Waals surface area contributed by atoms with Crippen molar-refractivity contribution in [1.29, 1.82) is 0 Å². The van der Waals surface area contributed by atoms with Crippen molar-refractivity contribution in [3.8, 4) is 0 Å². The van der Waals surface area contributed by atoms with Gasteiger partial charge < -0.3 is 20.2 Å². The molecule has 1 unspecified atom stereocenters. The summed E-state index contributed by atoms with van der Waals surface area (Å²) in [5.74, 6) is -0.838. The molecule has 0 saturated heterocycles. The molecule has 0 spiro atoms. The van der Waals surface area contributed by atoms with E-state index in [4.69, 9.17) is 15.2 Å². The number of hydrogen-bond donors (Lipinski definition) is 2. The Morgan fingerprint density at radius 3 is 2.81 bits per heavy atom. The number of methoxy groups -OCH3 is 1. The fourth-order valence-electron chi connectivity index (χ4n) is 2.16. The Balaban J connectivity index is 2.28. The predicted molar refractivity (Wildman–Crippen MR) is 78.0 cm³/mol. The third kappa shape index (κ3) is 3.22. The van der Waals surface area contributed by atoms with Gasteiger partial charge in [0.1, 0.15) is 6.04 Å². The number of esters is 2. The van der Waals surface area contributed by atoms with Crippen LogP contribution in [-0.2, 0) is 20.7 Å². The molecule has 0 fully saturated rings. The van der Waals surface area contributed by atoms with E-state index in [1.807, 2.05) is 0 Å². The number of carbonyl (C=O) groups excluding carboxylic acids is 2. The molecule has 3 N–H and O–H groups in total. The standard InChI is InChI=1S/C15H18N2O4/c1-3-21-15(19)12(16)7-10-8-17-13-5-4-9(6-11(10)13)14(18)20-2/h4-6,8,12,17H,3,7,16H2,1-2H3. The molecule has 0 aliphatic carbocycles. The second-order valence-electron chi connectivity index (χ2n) is 4.63. The molecule has 6 heteroatoms. The van der Waals surface area contributed by atoms with Gasteiger partial charge in [0.15, 0.2) is 0 Å². The summed E-state index contributed by atoms with van der Waals surface area (Å²) in [4.78, 5) is 26.3. The van der Waals surface area contributed by atoms with E-state index in [2.05, 4.69) is 4.98 Å². The lowest BCUT2D eigenvalue weighted by molar-refractivity contribution is -0.144. The number of carbonyl (C=O) groups is 2. The Bertz CT molecular complexity index is 663. The molecule has 0 aliphatic heterocycles. The van der Waals surface area contributed by atoms with Gasteiger partial charge >= 0.3 is 11.9 Å². The first-order valence-electron chi connectivity index (χ1n) is 6.67. The minimum atomic E-state index is -0.731. The van der Waals surface area contributed by atoms with Gasteiger partial charge in [-0.2, -0.15) is 0 Å². The average Bonchev–Trinajstić information content (AvgIpc) is 2.89. The summed E-state index contributed by atoms with van der Waals surface area (Å²) >= 11 is 0. The summed E-state index contributed by atoms with van der Waals surface area (Å²) < 4.78 is 9.60. The minimum absolute atomic E-state index is 0.299. The van der Waals surface area contributed by atoms with Crippen molar-refractivity contribution < 1.29 is 19.1 Å². The lowest BCUT2D eigenvalue weighted by atomic mass is 10.0. The van der Waals surface area contributed by atoms with Gasteiger partial charge in [-0.3, -0.25) is 4.79 Å². The van der Waals surface area contributed by atoms with E-state index in [-0.39, 0.29) is 0 Å². The SMILES string of the molecule is CCOC(=O)C(N)Cc1c[nH]c2ccc(C(=O)OC)cc12. The summed E-state index contributed by atoms with van der Waals surface area (Å²) in [6, 6.07) is 4.47. The van der Waals surface area contributed by atoms with Crippen LogP contribution in [0.2, 0.25) is 0 Å². The zero-order valence-corrected chi connectivity index (χ0v) is 12.0. The molecule has 112 valence electrons. The van der Waals surface area contributed by atoms with E-state index in [1.54, 1.807) is 31.3 Å². The van der Waals surface area contributed by atoms with Crippen LogP contribution < -0.4 is 5.73 Å². The first-order valence-corrected chi connectivity index (χ1v) is 6.67. The van der Waals surface area contributed by atoms with Crippen LogP contribution >= 0.6 is 0 Å². The first-order chi connectivity index (χ1) is 10.1. The molecule has 2 rings (SSSR count). The number of fused-ring (bicyclic) bond motifs is 1. The average molecular weight is 290 g/mol. The van der Waals surface area contributed by atoms with E-state index in [1.165, 1.54) is 7.11 Å². The number of aromatic nitrogens is 1. The summed E-state index contributed by atoms with van der Waals surface area (Å²) in [5, 5.41) is 0.845. The Kier molecular flexibility index (Phi) is 4.59. The third-order valence-corrected chi connectivity index (χ3v) is 3.22. The number of H-pyrrole nitrogens is 1. The number of ether oxygens (including phenoxy) is 2. The van der Waals surface area contributed by atoms with Gasteiger partial charge in [0, 0.05) is 23.5 Å². The van der Waals surface area contributed by atoms with Crippen LogP contribution in [0.15, 0.2) is 24.4 Å². The molecule has 0 amide bonds. The second-order valence-corrected chi connectivity index (χ2v) is 4.63. The van der Waals surface area contributed by atoms with Crippen LogP contribution in [0.4, 0.5) is 0 Å². The molecule has 21 heavy (non-hydrogen) atoms. The smallest absolute Gasteiger partial charge is 0.337 e. The highest BCUT2D eigenvalue weighted by atomic mass is 16.5. The van der Waals surface area contributed by atoms with Crippen molar-refractivity contribution >= 4 is 22.8 Å². The van der Waals surface area contributed by atoms with Crippen molar-refractivity contribution in [3.63, 3.8) is 0 Å². The van der Waals surface area contributed by atoms with Crippen molar-refractivity contribution in [1.82, 2.24) is 4.98 Å². The van der Waals surface area contributed by atoms with Gasteiger partial charge in [-0.05, 0) is 30.7 Å². The number of rotatable bonds is 5. The number of hydrogen-bond acceptors (Lipinski definition) is 5. The maximum absolute atomic E-state index is 11.6. The topological polar surface area (TPSA) is 94.4 Å². The van der Waals surface area contributed by atoms with E-state index < -0.39 is 18.0 Å². The fourth-order valence-corrected chi connectivity index (χ4v) is 2.16. The van der Waals surface area contributed by atoms with Crippen LogP contribution in [0.3, 0.4) is 0 Å². The molecule has 0 radical (unpaired) electrons. The maximum Gasteiger partial charge on any atom is 0.337 e. The van der Waals surface area contributed by atoms with Gasteiger partial charge in [-0.1, -0.05) is 0 Å². The zero-order chi connectivity index (χ0) is 15.4. The van der Waals surface area contributed by atoms with Crippen molar-refractivity contribution in [2.24, 2.45) is 5.73 Å². The predicted octanol–water partition coefficient (Wildman–Crippen LogP) is 1.39. The number of aromatic amines is 1. The summed E-state index contributed by atoms with van der Waals surface area (Å²) in [7, 11) is 1.33. The van der Waals surface area contributed by atoms with Crippen LogP contribution in [0, 0.1) is 0 Å². The van der Waals surface area contributed by atoms with Crippen LogP contribution in [0.25, 0.3) is 10.9 Å². The van der Waals surface area contributed by atoms with Gasteiger partial charge in [0.2, 0.25) is 0 Å². The molecular formula is C15H18N2O4. The normalized spacial score (nSPS) is 12.1. The molecular weight excluding hydrogens is 272 g/mol. The highest BCUT2D eigenvalue weighted by Crippen LogP contribution is 2.21. The van der Waals surface area contributed by atoms with E-state index in [9.17, 15) is 9.59 Å². The number of benzene rings is 1. The second kappa shape index (κ2) is 6.41. The molecule has 1 heterocycles. The Morgan fingerprint density at radius 1 is 1.38 bits per heavy atom. The van der Waals surface area contributed by atoms with Gasteiger partial charge in [-0.15, -0.1) is 0 Å². The zero-order valence-electron chi connectivity index (χ0n) is 12.0. The van der Waals surface area contributed by atoms with Crippen LogP contribution in [0.1, 0.15) is 22.8 Å². The quantitative estimate of drug-likeness (QED) is 0.811. The van der Waals surface area contributed by atoms with Crippen LogP contribution in [0.5, 0.6) is 0 Å². The Morgan fingerprint density at radius 2 is 2.14 bits per heavy atom. The maximum atomic E-state index is 11.6. The monoisotopic (exact) mass is 290 g/mol. The molecule has 0 saturated carbocycles. The highest BCUT2D eigenvalue weighted by molar-refractivity contribution is 5.95. The molecule has 1 atom stereocenters. The lowest BCUT2D eigenvalue weighted by Crippen LogP contribution is -2.34. The molecule has 0 aliphatic rings. The minimum Gasteiger partial charge on any atom is -0.465 e. The molecule has 0 bridgehead atoms. The van der Waals surface area contributed by atoms with Crippen LogP contribution in [-0.4, -0.2) is 36.7 Å². The molecule has 1 aromatic carbocycles. The Hall–Kier alpha value is -2.34. The fraction of sp³-hybridized carbons (Fsp3) is 0.333. The molecule has 2 aromatic rings.